The summed E-state index contributed by atoms with van der Waals surface area (Å²) < 4.78 is 5.55. The second-order valence-corrected chi connectivity index (χ2v) is 5.47. The Kier molecular flexibility index (Phi) is 2.52. The Balaban J connectivity index is 1.59. The van der Waals surface area contributed by atoms with Crippen LogP contribution in [0.2, 0.25) is 0 Å². The van der Waals surface area contributed by atoms with Crippen molar-refractivity contribution in [3.05, 3.63) is 36.5 Å². The summed E-state index contributed by atoms with van der Waals surface area (Å²) in [6.07, 6.45) is 2.70. The molecule has 20 heavy (non-hydrogen) atoms. The topological polar surface area (TPSA) is 63.2 Å². The van der Waals surface area contributed by atoms with E-state index in [0.29, 0.717) is 6.61 Å². The maximum Gasteiger partial charge on any atom is 0.247 e. The van der Waals surface area contributed by atoms with E-state index in [2.05, 4.69) is 15.6 Å². The summed E-state index contributed by atoms with van der Waals surface area (Å²) in [6, 6.07) is 9.61. The van der Waals surface area contributed by atoms with Crippen molar-refractivity contribution in [2.75, 3.05) is 18.5 Å². The summed E-state index contributed by atoms with van der Waals surface area (Å²) in [5, 5.41) is 7.28. The SMILES string of the molecule is O=C(Nc1ccc2ncccc2c1)C12COC(CN1)C2. The molecule has 2 aliphatic heterocycles. The molecule has 2 atom stereocenters. The van der Waals surface area contributed by atoms with Crippen LogP contribution in [0.3, 0.4) is 0 Å². The maximum absolute atomic E-state index is 12.5. The molecular weight excluding hydrogens is 254 g/mol. The number of nitrogens with one attached hydrogen (secondary N) is 2. The molecule has 2 aliphatic rings. The third kappa shape index (κ3) is 1.78. The van der Waals surface area contributed by atoms with Gasteiger partial charge in [0.15, 0.2) is 0 Å². The van der Waals surface area contributed by atoms with E-state index in [-0.39, 0.29) is 12.0 Å². The van der Waals surface area contributed by atoms with Gasteiger partial charge < -0.3 is 10.1 Å². The van der Waals surface area contributed by atoms with Crippen LogP contribution >= 0.6 is 0 Å². The van der Waals surface area contributed by atoms with Crippen LogP contribution in [0.4, 0.5) is 5.69 Å². The van der Waals surface area contributed by atoms with Gasteiger partial charge in [-0.1, -0.05) is 6.07 Å². The van der Waals surface area contributed by atoms with Crippen molar-refractivity contribution in [3.8, 4) is 0 Å². The molecule has 0 saturated carbocycles. The number of hydrogen-bond donors (Lipinski definition) is 2. The van der Waals surface area contributed by atoms with E-state index in [1.807, 2.05) is 30.3 Å². The minimum Gasteiger partial charge on any atom is -0.374 e. The number of ether oxygens (including phenoxy) is 1. The number of fused-ring (bicyclic) bond motifs is 3. The second kappa shape index (κ2) is 4.26. The number of amides is 1. The first-order valence-corrected chi connectivity index (χ1v) is 6.78. The Morgan fingerprint density at radius 3 is 3.15 bits per heavy atom. The molecule has 2 aromatic rings. The number of benzene rings is 1. The number of rotatable bonds is 2. The quantitative estimate of drug-likeness (QED) is 0.862. The maximum atomic E-state index is 12.5. The van der Waals surface area contributed by atoms with Crippen LogP contribution in [0.25, 0.3) is 10.9 Å². The number of carbonyl (C=O) groups excluding carboxylic acids is 1. The number of carbonyl (C=O) groups is 1. The molecule has 0 aliphatic carbocycles. The summed E-state index contributed by atoms with van der Waals surface area (Å²) in [6.45, 7) is 1.22. The lowest BCUT2D eigenvalue weighted by Gasteiger charge is -2.25. The average molecular weight is 269 g/mol. The highest BCUT2D eigenvalue weighted by atomic mass is 16.5. The van der Waals surface area contributed by atoms with Crippen LogP contribution in [-0.2, 0) is 9.53 Å². The van der Waals surface area contributed by atoms with Crippen molar-refractivity contribution >= 4 is 22.5 Å². The number of anilines is 1. The molecule has 2 fully saturated rings. The Labute approximate surface area is 116 Å². The summed E-state index contributed by atoms with van der Waals surface area (Å²) >= 11 is 0. The third-order valence-corrected chi connectivity index (χ3v) is 4.11. The first-order chi connectivity index (χ1) is 9.75. The molecule has 0 spiro atoms. The van der Waals surface area contributed by atoms with Crippen LogP contribution in [0, 0.1) is 0 Å². The molecule has 1 aromatic carbocycles. The van der Waals surface area contributed by atoms with Gasteiger partial charge in [0.05, 0.1) is 18.2 Å². The molecule has 0 radical (unpaired) electrons. The number of pyridine rings is 1. The van der Waals surface area contributed by atoms with Crippen molar-refractivity contribution < 1.29 is 9.53 Å². The van der Waals surface area contributed by atoms with Crippen molar-refractivity contribution in [2.45, 2.75) is 18.1 Å². The van der Waals surface area contributed by atoms with Gasteiger partial charge >= 0.3 is 0 Å². The van der Waals surface area contributed by atoms with Gasteiger partial charge in [0, 0.05) is 30.2 Å². The summed E-state index contributed by atoms with van der Waals surface area (Å²) in [7, 11) is 0. The van der Waals surface area contributed by atoms with Gasteiger partial charge in [0.25, 0.3) is 0 Å². The van der Waals surface area contributed by atoms with E-state index < -0.39 is 5.54 Å². The molecule has 4 rings (SSSR count). The first kappa shape index (κ1) is 11.8. The van der Waals surface area contributed by atoms with Crippen LogP contribution in [-0.4, -0.2) is 35.7 Å². The molecule has 5 heteroatoms. The van der Waals surface area contributed by atoms with Gasteiger partial charge in [-0.2, -0.15) is 0 Å². The van der Waals surface area contributed by atoms with Gasteiger partial charge in [-0.25, -0.2) is 0 Å². The zero-order chi connectivity index (χ0) is 13.6. The van der Waals surface area contributed by atoms with Crippen LogP contribution in [0.5, 0.6) is 0 Å². The normalized spacial score (nSPS) is 27.9. The van der Waals surface area contributed by atoms with Crippen molar-refractivity contribution in [3.63, 3.8) is 0 Å². The van der Waals surface area contributed by atoms with Gasteiger partial charge in [0.1, 0.15) is 5.54 Å². The number of aromatic nitrogens is 1. The molecule has 1 amide bonds. The zero-order valence-corrected chi connectivity index (χ0v) is 10.9. The summed E-state index contributed by atoms with van der Waals surface area (Å²) in [4.78, 5) is 16.7. The van der Waals surface area contributed by atoms with E-state index in [1.54, 1.807) is 6.20 Å². The van der Waals surface area contributed by atoms with Gasteiger partial charge in [0.2, 0.25) is 5.91 Å². The summed E-state index contributed by atoms with van der Waals surface area (Å²) in [5.41, 5.74) is 1.17. The minimum atomic E-state index is -0.547. The fourth-order valence-corrected chi connectivity index (χ4v) is 2.97. The lowest BCUT2D eigenvalue weighted by atomic mass is 9.99. The van der Waals surface area contributed by atoms with Crippen LogP contribution in [0.1, 0.15) is 6.42 Å². The van der Waals surface area contributed by atoms with E-state index in [9.17, 15) is 4.79 Å². The third-order valence-electron chi connectivity index (χ3n) is 4.11. The average Bonchev–Trinajstić information content (AvgIpc) is 3.09. The lowest BCUT2D eigenvalue weighted by Crippen LogP contribution is -2.54. The number of morpholine rings is 1. The highest BCUT2D eigenvalue weighted by Crippen LogP contribution is 2.31. The lowest BCUT2D eigenvalue weighted by molar-refractivity contribution is -0.122. The van der Waals surface area contributed by atoms with Gasteiger partial charge in [-0.15, -0.1) is 0 Å². The molecule has 1 aromatic heterocycles. The van der Waals surface area contributed by atoms with Crippen molar-refractivity contribution in [1.29, 1.82) is 0 Å². The highest BCUT2D eigenvalue weighted by Gasteiger charge is 2.51. The van der Waals surface area contributed by atoms with E-state index >= 15 is 0 Å². The standard InChI is InChI=1S/C15H15N3O2/c19-14(15-7-12(8-17-15)20-9-15)18-11-3-4-13-10(6-11)2-1-5-16-13/h1-6,12,17H,7-9H2,(H,18,19). The van der Waals surface area contributed by atoms with Crippen molar-refractivity contribution in [2.24, 2.45) is 0 Å². The molecule has 3 heterocycles. The highest BCUT2D eigenvalue weighted by molar-refractivity contribution is 6.00. The predicted molar refractivity (Wildman–Crippen MR) is 75.5 cm³/mol. The molecule has 2 bridgehead atoms. The Morgan fingerprint density at radius 1 is 1.45 bits per heavy atom. The Morgan fingerprint density at radius 2 is 2.40 bits per heavy atom. The molecule has 2 unspecified atom stereocenters. The molecule has 5 nitrogen and oxygen atoms in total. The molecule has 102 valence electrons. The molecule has 2 saturated heterocycles. The van der Waals surface area contributed by atoms with Crippen LogP contribution < -0.4 is 10.6 Å². The zero-order valence-electron chi connectivity index (χ0n) is 10.9. The number of nitrogens with zero attached hydrogens (tertiary/aromatic N) is 1. The first-order valence-electron chi connectivity index (χ1n) is 6.78. The predicted octanol–water partition coefficient (Wildman–Crippen LogP) is 1.30. The molecular formula is C15H15N3O2. The molecule has 2 N–H and O–H groups in total. The Hall–Kier alpha value is -1.98. The largest absolute Gasteiger partial charge is 0.374 e. The van der Waals surface area contributed by atoms with Crippen LogP contribution in [0.15, 0.2) is 36.5 Å². The van der Waals surface area contributed by atoms with E-state index in [0.717, 1.165) is 29.6 Å². The monoisotopic (exact) mass is 269 g/mol. The fraction of sp³-hybridized carbons (Fsp3) is 0.333. The Bertz CT molecular complexity index is 678. The van der Waals surface area contributed by atoms with Crippen molar-refractivity contribution in [1.82, 2.24) is 10.3 Å². The fourth-order valence-electron chi connectivity index (χ4n) is 2.97. The van der Waals surface area contributed by atoms with E-state index in [4.69, 9.17) is 4.74 Å². The summed E-state index contributed by atoms with van der Waals surface area (Å²) in [5.74, 6) is -0.0132. The van der Waals surface area contributed by atoms with E-state index in [1.165, 1.54) is 0 Å². The number of hydrogen-bond acceptors (Lipinski definition) is 4. The second-order valence-electron chi connectivity index (χ2n) is 5.47. The minimum absolute atomic E-state index is 0.0132. The van der Waals surface area contributed by atoms with Gasteiger partial charge in [-0.3, -0.25) is 15.1 Å². The smallest absolute Gasteiger partial charge is 0.247 e. The van der Waals surface area contributed by atoms with Gasteiger partial charge in [-0.05, 0) is 24.3 Å².